The molecule has 124 valence electrons. The number of hydrogen-bond acceptors (Lipinski definition) is 6. The quantitative estimate of drug-likeness (QED) is 0.789. The number of aromatic carboxylic acids is 2. The fourth-order valence-corrected chi connectivity index (χ4v) is 2.35. The molecule has 0 radical (unpaired) electrons. The lowest BCUT2D eigenvalue weighted by atomic mass is 10.1. The standard InChI is InChI=1S/C16H12BrNO6/c1-24-13-3-2-10(17)7-12(13)14(19)18-11-5-8(15(20)21)4-9(6-11)16(22)23/h2-7H,1H3,(H,18,19)(H,20,21)(H,22,23)/p-2. The zero-order valence-corrected chi connectivity index (χ0v) is 13.9. The molecule has 0 unspecified atom stereocenters. The number of benzene rings is 2. The Morgan fingerprint density at radius 1 is 1.00 bits per heavy atom. The number of nitrogens with one attached hydrogen (secondary N) is 1. The molecule has 0 heterocycles. The molecular weight excluding hydrogens is 382 g/mol. The molecule has 0 spiro atoms. The van der Waals surface area contributed by atoms with Crippen LogP contribution in [-0.4, -0.2) is 25.0 Å². The molecule has 0 aliphatic heterocycles. The first kappa shape index (κ1) is 17.5. The number of carbonyl (C=O) groups is 3. The fraction of sp³-hybridized carbons (Fsp3) is 0.0625. The summed E-state index contributed by atoms with van der Waals surface area (Å²) in [5.41, 5.74) is -0.634. The second kappa shape index (κ2) is 7.14. The van der Waals surface area contributed by atoms with Gasteiger partial charge in [0.1, 0.15) is 5.75 Å². The average Bonchev–Trinajstić information content (AvgIpc) is 2.54. The zero-order valence-electron chi connectivity index (χ0n) is 12.3. The molecule has 1 N–H and O–H groups in total. The molecule has 2 aromatic rings. The molecule has 8 heteroatoms. The highest BCUT2D eigenvalue weighted by Gasteiger charge is 2.14. The Morgan fingerprint density at radius 3 is 2.08 bits per heavy atom. The SMILES string of the molecule is COc1ccc(Br)cc1C(=O)Nc1cc(C(=O)[O-])cc(C(=O)[O-])c1. The maximum Gasteiger partial charge on any atom is 0.259 e. The van der Waals surface area contributed by atoms with Gasteiger partial charge in [-0.1, -0.05) is 15.9 Å². The molecule has 7 nitrogen and oxygen atoms in total. The van der Waals surface area contributed by atoms with Gasteiger partial charge in [-0.2, -0.15) is 0 Å². The third-order valence-electron chi connectivity index (χ3n) is 3.07. The summed E-state index contributed by atoms with van der Waals surface area (Å²) in [6, 6.07) is 7.83. The van der Waals surface area contributed by atoms with E-state index >= 15 is 0 Å². The molecule has 1 amide bonds. The molecule has 0 saturated carbocycles. The first-order valence-electron chi connectivity index (χ1n) is 6.54. The van der Waals surface area contributed by atoms with Gasteiger partial charge in [-0.15, -0.1) is 0 Å². The number of anilines is 1. The molecule has 2 aromatic carbocycles. The summed E-state index contributed by atoms with van der Waals surface area (Å²) >= 11 is 3.23. The smallest absolute Gasteiger partial charge is 0.259 e. The Labute approximate surface area is 145 Å². The van der Waals surface area contributed by atoms with Crippen molar-refractivity contribution >= 4 is 39.5 Å². The van der Waals surface area contributed by atoms with Crippen molar-refractivity contribution in [2.24, 2.45) is 0 Å². The Morgan fingerprint density at radius 2 is 1.58 bits per heavy atom. The number of methoxy groups -OCH3 is 1. The molecule has 0 bridgehead atoms. The van der Waals surface area contributed by atoms with Crippen molar-refractivity contribution < 1.29 is 29.3 Å². The second-order valence-corrected chi connectivity index (χ2v) is 5.59. The molecule has 24 heavy (non-hydrogen) atoms. The summed E-state index contributed by atoms with van der Waals surface area (Å²) in [7, 11) is 1.39. The summed E-state index contributed by atoms with van der Waals surface area (Å²) < 4.78 is 5.72. The second-order valence-electron chi connectivity index (χ2n) is 4.67. The minimum atomic E-state index is -1.58. The van der Waals surface area contributed by atoms with Gasteiger partial charge in [-0.25, -0.2) is 0 Å². The van der Waals surface area contributed by atoms with Crippen LogP contribution in [0.25, 0.3) is 0 Å². The molecule has 0 aliphatic rings. The molecule has 2 rings (SSSR count). The first-order chi connectivity index (χ1) is 11.3. The number of amides is 1. The van der Waals surface area contributed by atoms with Crippen molar-refractivity contribution in [3.8, 4) is 5.75 Å². The third-order valence-corrected chi connectivity index (χ3v) is 3.56. The van der Waals surface area contributed by atoms with Crippen molar-refractivity contribution in [3.05, 3.63) is 57.6 Å². The van der Waals surface area contributed by atoms with Crippen LogP contribution < -0.4 is 20.3 Å². The van der Waals surface area contributed by atoms with Crippen LogP contribution in [0, 0.1) is 0 Å². The Hall–Kier alpha value is -2.87. The zero-order chi connectivity index (χ0) is 17.9. The van der Waals surface area contributed by atoms with E-state index in [1.165, 1.54) is 13.2 Å². The normalized spacial score (nSPS) is 10.1. The number of carboxylic acid groups (broad SMARTS) is 2. The van der Waals surface area contributed by atoms with E-state index in [9.17, 15) is 24.6 Å². The van der Waals surface area contributed by atoms with E-state index < -0.39 is 29.0 Å². The number of hydrogen-bond donors (Lipinski definition) is 1. The predicted molar refractivity (Wildman–Crippen MR) is 83.8 cm³/mol. The fourth-order valence-electron chi connectivity index (χ4n) is 1.99. The van der Waals surface area contributed by atoms with Crippen molar-refractivity contribution in [1.29, 1.82) is 0 Å². The van der Waals surface area contributed by atoms with E-state index in [0.717, 1.165) is 18.2 Å². The topological polar surface area (TPSA) is 119 Å². The molecular formula is C16H10BrNO6-2. The first-order valence-corrected chi connectivity index (χ1v) is 7.34. The Bertz CT molecular complexity index is 801. The van der Waals surface area contributed by atoms with Crippen LogP contribution in [0.5, 0.6) is 5.75 Å². The van der Waals surface area contributed by atoms with Crippen molar-refractivity contribution in [2.45, 2.75) is 0 Å². The minimum absolute atomic E-state index is 0.0251. The molecule has 0 saturated heterocycles. The average molecular weight is 392 g/mol. The van der Waals surface area contributed by atoms with Crippen molar-refractivity contribution in [2.75, 3.05) is 12.4 Å². The van der Waals surface area contributed by atoms with Gasteiger partial charge < -0.3 is 29.9 Å². The van der Waals surface area contributed by atoms with Gasteiger partial charge in [0, 0.05) is 10.2 Å². The summed E-state index contributed by atoms with van der Waals surface area (Å²) in [5.74, 6) is -3.46. The lowest BCUT2D eigenvalue weighted by Gasteiger charge is -2.13. The minimum Gasteiger partial charge on any atom is -0.545 e. The van der Waals surface area contributed by atoms with Crippen LogP contribution >= 0.6 is 15.9 Å². The lowest BCUT2D eigenvalue weighted by Crippen LogP contribution is -2.26. The van der Waals surface area contributed by atoms with Crippen LogP contribution in [0.1, 0.15) is 31.1 Å². The van der Waals surface area contributed by atoms with E-state index in [2.05, 4.69) is 21.2 Å². The Kier molecular flexibility index (Phi) is 5.20. The molecule has 0 atom stereocenters. The number of ether oxygens (including phenoxy) is 1. The number of carboxylic acids is 2. The van der Waals surface area contributed by atoms with Gasteiger partial charge in [0.15, 0.2) is 0 Å². The van der Waals surface area contributed by atoms with Crippen LogP contribution in [-0.2, 0) is 0 Å². The van der Waals surface area contributed by atoms with Crippen molar-refractivity contribution in [1.82, 2.24) is 0 Å². The van der Waals surface area contributed by atoms with Gasteiger partial charge in [0.2, 0.25) is 0 Å². The van der Waals surface area contributed by atoms with E-state index in [4.69, 9.17) is 4.74 Å². The van der Waals surface area contributed by atoms with Gasteiger partial charge in [-0.3, -0.25) is 4.79 Å². The van der Waals surface area contributed by atoms with Gasteiger partial charge in [0.25, 0.3) is 5.91 Å². The third kappa shape index (κ3) is 3.90. The largest absolute Gasteiger partial charge is 0.545 e. The van der Waals surface area contributed by atoms with Gasteiger partial charge in [0.05, 0.1) is 24.6 Å². The predicted octanol–water partition coefficient (Wildman–Crippen LogP) is 0.437. The molecule has 0 fully saturated rings. The summed E-state index contributed by atoms with van der Waals surface area (Å²) in [6.07, 6.45) is 0. The Balaban J connectivity index is 2.40. The monoisotopic (exact) mass is 391 g/mol. The van der Waals surface area contributed by atoms with E-state index in [1.807, 2.05) is 0 Å². The van der Waals surface area contributed by atoms with Gasteiger partial charge in [-0.05, 0) is 47.5 Å². The van der Waals surface area contributed by atoms with Crippen LogP contribution in [0.2, 0.25) is 0 Å². The summed E-state index contributed by atoms with van der Waals surface area (Å²) in [5, 5.41) is 24.4. The number of rotatable bonds is 5. The van der Waals surface area contributed by atoms with Crippen LogP contribution in [0.4, 0.5) is 5.69 Å². The highest BCUT2D eigenvalue weighted by Crippen LogP contribution is 2.24. The molecule has 0 aliphatic carbocycles. The highest BCUT2D eigenvalue weighted by molar-refractivity contribution is 9.10. The van der Waals surface area contributed by atoms with E-state index in [-0.39, 0.29) is 11.3 Å². The van der Waals surface area contributed by atoms with Crippen LogP contribution in [0.3, 0.4) is 0 Å². The maximum atomic E-state index is 12.4. The van der Waals surface area contributed by atoms with Gasteiger partial charge >= 0.3 is 0 Å². The number of carbonyl (C=O) groups excluding carboxylic acids is 3. The van der Waals surface area contributed by atoms with E-state index in [1.54, 1.807) is 12.1 Å². The van der Waals surface area contributed by atoms with Crippen molar-refractivity contribution in [3.63, 3.8) is 0 Å². The van der Waals surface area contributed by atoms with E-state index in [0.29, 0.717) is 10.2 Å². The molecule has 0 aromatic heterocycles. The van der Waals surface area contributed by atoms with Crippen LogP contribution in [0.15, 0.2) is 40.9 Å². The summed E-state index contributed by atoms with van der Waals surface area (Å²) in [6.45, 7) is 0. The summed E-state index contributed by atoms with van der Waals surface area (Å²) in [4.78, 5) is 34.3. The maximum absolute atomic E-state index is 12.4. The lowest BCUT2D eigenvalue weighted by molar-refractivity contribution is -0.255. The number of halogens is 1. The highest BCUT2D eigenvalue weighted by atomic mass is 79.9.